The Morgan fingerprint density at radius 3 is 2.13 bits per heavy atom. The van der Waals surface area contributed by atoms with Gasteiger partial charge in [0.1, 0.15) is 0 Å². The van der Waals surface area contributed by atoms with Gasteiger partial charge in [-0.1, -0.05) is 52.4 Å². The van der Waals surface area contributed by atoms with Crippen molar-refractivity contribution in [2.24, 2.45) is 11.8 Å². The third kappa shape index (κ3) is 7.56. The molecular weight excluding hydrogens is 282 g/mol. The van der Waals surface area contributed by atoms with Crippen LogP contribution in [0.3, 0.4) is 0 Å². The maximum Gasteiger partial charge on any atom is 0.0576 e. The highest BCUT2D eigenvalue weighted by Crippen LogP contribution is 2.32. The van der Waals surface area contributed by atoms with Crippen molar-refractivity contribution < 1.29 is 4.74 Å². The van der Waals surface area contributed by atoms with E-state index in [1.807, 2.05) is 0 Å². The summed E-state index contributed by atoms with van der Waals surface area (Å²) in [4.78, 5) is 0. The molecule has 0 saturated heterocycles. The van der Waals surface area contributed by atoms with E-state index in [0.29, 0.717) is 6.10 Å². The molecule has 0 unspecified atom stereocenters. The fourth-order valence-corrected chi connectivity index (χ4v) is 4.48. The standard InChI is InChI=1S/C21H41NO/c1-3-5-6-16-22-20-12-14-21(15-13-20)23-17-19-10-8-18(7-4-2)9-11-19/h18-22H,3-17H2,1-2H3. The first-order valence-electron chi connectivity index (χ1n) is 10.7. The van der Waals surface area contributed by atoms with Gasteiger partial charge in [0.2, 0.25) is 0 Å². The highest BCUT2D eigenvalue weighted by atomic mass is 16.5. The first-order chi connectivity index (χ1) is 11.3. The Morgan fingerprint density at radius 2 is 1.48 bits per heavy atom. The van der Waals surface area contributed by atoms with E-state index >= 15 is 0 Å². The van der Waals surface area contributed by atoms with Crippen LogP contribution >= 0.6 is 0 Å². The average molecular weight is 324 g/mol. The van der Waals surface area contributed by atoms with Crippen LogP contribution in [0.2, 0.25) is 0 Å². The molecule has 2 aliphatic rings. The molecule has 2 aliphatic carbocycles. The quantitative estimate of drug-likeness (QED) is 0.521. The summed E-state index contributed by atoms with van der Waals surface area (Å²) in [5, 5.41) is 3.74. The van der Waals surface area contributed by atoms with Crippen LogP contribution in [0, 0.1) is 11.8 Å². The van der Waals surface area contributed by atoms with E-state index < -0.39 is 0 Å². The lowest BCUT2D eigenvalue weighted by Gasteiger charge is -2.32. The Morgan fingerprint density at radius 1 is 0.783 bits per heavy atom. The van der Waals surface area contributed by atoms with Gasteiger partial charge in [0, 0.05) is 12.6 Å². The van der Waals surface area contributed by atoms with Crippen molar-refractivity contribution in [1.82, 2.24) is 5.32 Å². The minimum atomic E-state index is 0.553. The molecular formula is C21H41NO. The first-order valence-corrected chi connectivity index (χ1v) is 10.7. The van der Waals surface area contributed by atoms with Gasteiger partial charge in [-0.3, -0.25) is 0 Å². The molecule has 23 heavy (non-hydrogen) atoms. The van der Waals surface area contributed by atoms with Gasteiger partial charge in [0.25, 0.3) is 0 Å². The average Bonchev–Trinajstić information content (AvgIpc) is 2.59. The molecule has 2 heteroatoms. The molecule has 1 N–H and O–H groups in total. The van der Waals surface area contributed by atoms with Gasteiger partial charge >= 0.3 is 0 Å². The number of hydrogen-bond acceptors (Lipinski definition) is 2. The van der Waals surface area contributed by atoms with Crippen molar-refractivity contribution in [1.29, 1.82) is 0 Å². The van der Waals surface area contributed by atoms with Gasteiger partial charge in [0.05, 0.1) is 6.10 Å². The minimum absolute atomic E-state index is 0.553. The number of nitrogens with one attached hydrogen (secondary N) is 1. The van der Waals surface area contributed by atoms with Gasteiger partial charge in [0.15, 0.2) is 0 Å². The first kappa shape index (κ1) is 19.2. The van der Waals surface area contributed by atoms with Crippen LogP contribution in [-0.4, -0.2) is 25.3 Å². The van der Waals surface area contributed by atoms with Crippen molar-refractivity contribution in [2.45, 2.75) is 109 Å². The van der Waals surface area contributed by atoms with E-state index in [-0.39, 0.29) is 0 Å². The van der Waals surface area contributed by atoms with Crippen LogP contribution in [0.15, 0.2) is 0 Å². The summed E-state index contributed by atoms with van der Waals surface area (Å²) >= 11 is 0. The van der Waals surface area contributed by atoms with E-state index in [1.165, 1.54) is 90.0 Å². The van der Waals surface area contributed by atoms with E-state index in [1.54, 1.807) is 0 Å². The molecule has 0 heterocycles. The second-order valence-electron chi connectivity index (χ2n) is 8.14. The van der Waals surface area contributed by atoms with E-state index in [4.69, 9.17) is 4.74 Å². The maximum absolute atomic E-state index is 6.28. The molecule has 0 aromatic carbocycles. The predicted octanol–water partition coefficient (Wildman–Crippen LogP) is 5.70. The number of ether oxygens (including phenoxy) is 1. The SMILES string of the molecule is CCCCCNC1CCC(OCC2CCC(CCC)CC2)CC1. The largest absolute Gasteiger partial charge is 0.378 e. The van der Waals surface area contributed by atoms with Crippen LogP contribution in [0.4, 0.5) is 0 Å². The normalized spacial score (nSPS) is 32.1. The van der Waals surface area contributed by atoms with Gasteiger partial charge in [-0.15, -0.1) is 0 Å². The molecule has 0 atom stereocenters. The highest BCUT2D eigenvalue weighted by molar-refractivity contribution is 4.78. The predicted molar refractivity (Wildman–Crippen MR) is 99.9 cm³/mol. The summed E-state index contributed by atoms with van der Waals surface area (Å²) in [6.07, 6.45) is 18.3. The zero-order chi connectivity index (χ0) is 16.3. The Bertz CT molecular complexity index is 278. The molecule has 2 nitrogen and oxygen atoms in total. The van der Waals surface area contributed by atoms with Crippen molar-refractivity contribution in [3.05, 3.63) is 0 Å². The monoisotopic (exact) mass is 323 g/mol. The molecule has 0 aliphatic heterocycles. The van der Waals surface area contributed by atoms with E-state index in [9.17, 15) is 0 Å². The summed E-state index contributed by atoms with van der Waals surface area (Å²) < 4.78 is 6.28. The van der Waals surface area contributed by atoms with Crippen LogP contribution in [0.25, 0.3) is 0 Å². The second-order valence-corrected chi connectivity index (χ2v) is 8.14. The van der Waals surface area contributed by atoms with E-state index in [2.05, 4.69) is 19.2 Å². The zero-order valence-electron chi connectivity index (χ0n) is 15.8. The molecule has 0 amide bonds. The van der Waals surface area contributed by atoms with Gasteiger partial charge in [-0.2, -0.15) is 0 Å². The summed E-state index contributed by atoms with van der Waals surface area (Å²) in [6.45, 7) is 6.85. The van der Waals surface area contributed by atoms with Crippen molar-refractivity contribution in [3.8, 4) is 0 Å². The van der Waals surface area contributed by atoms with Crippen molar-refractivity contribution in [3.63, 3.8) is 0 Å². The third-order valence-electron chi connectivity index (χ3n) is 6.12. The summed E-state index contributed by atoms with van der Waals surface area (Å²) in [6, 6.07) is 0.760. The molecule has 0 bridgehead atoms. The Kier molecular flexibility index (Phi) is 9.60. The van der Waals surface area contributed by atoms with Gasteiger partial charge in [-0.25, -0.2) is 0 Å². The lowest BCUT2D eigenvalue weighted by Crippen LogP contribution is -2.36. The number of hydrogen-bond donors (Lipinski definition) is 1. The van der Waals surface area contributed by atoms with Crippen LogP contribution < -0.4 is 5.32 Å². The molecule has 2 rings (SSSR count). The van der Waals surface area contributed by atoms with Gasteiger partial charge in [-0.05, 0) is 63.3 Å². The lowest BCUT2D eigenvalue weighted by molar-refractivity contribution is -0.00628. The van der Waals surface area contributed by atoms with Gasteiger partial charge < -0.3 is 10.1 Å². The smallest absolute Gasteiger partial charge is 0.0576 e. The van der Waals surface area contributed by atoms with Crippen molar-refractivity contribution in [2.75, 3.05) is 13.2 Å². The second kappa shape index (κ2) is 11.5. The molecule has 0 spiro atoms. The molecule has 0 aromatic heterocycles. The van der Waals surface area contributed by atoms with Crippen molar-refractivity contribution >= 4 is 0 Å². The van der Waals surface area contributed by atoms with E-state index in [0.717, 1.165) is 24.5 Å². The molecule has 0 radical (unpaired) electrons. The molecule has 0 aromatic rings. The summed E-state index contributed by atoms with van der Waals surface area (Å²) in [5.41, 5.74) is 0. The third-order valence-corrected chi connectivity index (χ3v) is 6.12. The minimum Gasteiger partial charge on any atom is -0.378 e. The molecule has 136 valence electrons. The lowest BCUT2D eigenvalue weighted by atomic mass is 9.80. The Labute approximate surface area is 145 Å². The number of rotatable bonds is 10. The maximum atomic E-state index is 6.28. The summed E-state index contributed by atoms with van der Waals surface area (Å²) in [7, 11) is 0. The molecule has 2 fully saturated rings. The zero-order valence-corrected chi connectivity index (χ0v) is 15.8. The Balaban J connectivity index is 1.50. The molecule has 2 saturated carbocycles. The van der Waals surface area contributed by atoms with Crippen LogP contribution in [0.5, 0.6) is 0 Å². The highest BCUT2D eigenvalue weighted by Gasteiger charge is 2.24. The van der Waals surface area contributed by atoms with Crippen LogP contribution in [-0.2, 0) is 4.74 Å². The fourth-order valence-electron chi connectivity index (χ4n) is 4.48. The van der Waals surface area contributed by atoms with Crippen LogP contribution in [0.1, 0.15) is 97.3 Å². The fraction of sp³-hybridized carbons (Fsp3) is 1.00. The topological polar surface area (TPSA) is 21.3 Å². The number of unbranched alkanes of at least 4 members (excludes halogenated alkanes) is 2. The summed E-state index contributed by atoms with van der Waals surface area (Å²) in [5.74, 6) is 1.87. The Hall–Kier alpha value is -0.0800.